The van der Waals surface area contributed by atoms with Gasteiger partial charge in [0.05, 0.1) is 39.9 Å². The van der Waals surface area contributed by atoms with Gasteiger partial charge in [-0.25, -0.2) is 4.57 Å². The molecule has 444 valence electrons. The summed E-state index contributed by atoms with van der Waals surface area (Å²) in [5.74, 6) is -0.190. The number of unbranched alkanes of at least 4 members (excludes halogenated alkanes) is 36. The Bertz CT molecular complexity index is 1470. The molecule has 0 aromatic carbocycles. The summed E-state index contributed by atoms with van der Waals surface area (Å²) in [6.07, 6.45) is 80.3. The van der Waals surface area contributed by atoms with Crippen molar-refractivity contribution in [3.8, 4) is 0 Å². The zero-order valence-electron chi connectivity index (χ0n) is 50.7. The number of nitrogens with one attached hydrogen (secondary N) is 1. The normalized spacial score (nSPS) is 14.2. The van der Waals surface area contributed by atoms with Gasteiger partial charge in [0, 0.05) is 6.42 Å². The number of carbonyl (C=O) groups is 1. The van der Waals surface area contributed by atoms with Crippen LogP contribution in [-0.4, -0.2) is 73.4 Å². The lowest BCUT2D eigenvalue weighted by atomic mass is 10.0. The van der Waals surface area contributed by atoms with Gasteiger partial charge in [-0.1, -0.05) is 279 Å². The molecule has 0 rings (SSSR count). The van der Waals surface area contributed by atoms with Crippen molar-refractivity contribution in [1.29, 1.82) is 0 Å². The van der Waals surface area contributed by atoms with Crippen molar-refractivity contribution in [3.05, 3.63) is 72.9 Å². The third kappa shape index (κ3) is 59.6. The molecule has 3 N–H and O–H groups in total. The molecule has 0 aliphatic carbocycles. The topological polar surface area (TPSA) is 105 Å². The van der Waals surface area contributed by atoms with Crippen LogP contribution in [0.2, 0.25) is 0 Å². The maximum Gasteiger partial charge on any atom is 0.472 e. The minimum absolute atomic E-state index is 0.0516. The number of aliphatic hydroxyl groups excluding tert-OH is 1. The molecule has 9 heteroatoms. The van der Waals surface area contributed by atoms with Gasteiger partial charge >= 0.3 is 7.82 Å². The monoisotopic (exact) mass is 1090 g/mol. The van der Waals surface area contributed by atoms with Crippen LogP contribution in [-0.2, 0) is 18.4 Å². The van der Waals surface area contributed by atoms with Crippen molar-refractivity contribution in [2.75, 3.05) is 40.9 Å². The van der Waals surface area contributed by atoms with Crippen LogP contribution in [0.5, 0.6) is 0 Å². The third-order valence-electron chi connectivity index (χ3n) is 14.4. The summed E-state index contributed by atoms with van der Waals surface area (Å²) < 4.78 is 23.7. The van der Waals surface area contributed by atoms with Crippen LogP contribution in [0.1, 0.15) is 296 Å². The number of hydrogen-bond donors (Lipinski definition) is 3. The van der Waals surface area contributed by atoms with E-state index in [0.717, 1.165) is 57.8 Å². The first-order chi connectivity index (χ1) is 37.0. The Morgan fingerprint density at radius 2 is 0.763 bits per heavy atom. The number of aliphatic hydroxyl groups is 1. The second-order valence-electron chi connectivity index (χ2n) is 23.1. The lowest BCUT2D eigenvalue weighted by Crippen LogP contribution is -2.45. The molecule has 3 unspecified atom stereocenters. The van der Waals surface area contributed by atoms with E-state index in [1.165, 1.54) is 218 Å². The van der Waals surface area contributed by atoms with Crippen LogP contribution in [0.4, 0.5) is 0 Å². The Kier molecular flexibility index (Phi) is 56.1. The molecule has 0 spiro atoms. The number of likely N-dealkylation sites (N-methyl/N-ethyl adjacent to an activating group) is 1. The summed E-state index contributed by atoms with van der Waals surface area (Å²) in [7, 11) is 1.55. The number of amides is 1. The molecule has 0 aromatic rings. The Balaban J connectivity index is 4.20. The highest BCUT2D eigenvalue weighted by molar-refractivity contribution is 7.47. The lowest BCUT2D eigenvalue weighted by Gasteiger charge is -2.25. The van der Waals surface area contributed by atoms with Crippen LogP contribution in [0.25, 0.3) is 0 Å². The summed E-state index contributed by atoms with van der Waals surface area (Å²) >= 11 is 0. The number of allylic oxidation sites excluding steroid dienone is 11. The molecular formula is C67H126N2O6P+. The number of quaternary nitrogens is 1. The predicted molar refractivity (Wildman–Crippen MR) is 332 cm³/mol. The van der Waals surface area contributed by atoms with Crippen LogP contribution in [0.15, 0.2) is 72.9 Å². The number of rotatable bonds is 59. The molecule has 0 aliphatic rings. The molecule has 0 heterocycles. The number of carbonyl (C=O) groups excluding carboxylic acids is 1. The second-order valence-corrected chi connectivity index (χ2v) is 24.6. The van der Waals surface area contributed by atoms with E-state index in [-0.39, 0.29) is 19.1 Å². The molecule has 0 radical (unpaired) electrons. The van der Waals surface area contributed by atoms with E-state index in [9.17, 15) is 19.4 Å². The smallest absolute Gasteiger partial charge is 0.387 e. The van der Waals surface area contributed by atoms with Crippen LogP contribution < -0.4 is 5.32 Å². The highest BCUT2D eigenvalue weighted by Crippen LogP contribution is 2.43. The van der Waals surface area contributed by atoms with Gasteiger partial charge in [0.25, 0.3) is 0 Å². The highest BCUT2D eigenvalue weighted by Gasteiger charge is 2.27. The summed E-state index contributed by atoms with van der Waals surface area (Å²) in [6, 6.07) is -0.875. The Morgan fingerprint density at radius 1 is 0.447 bits per heavy atom. The molecule has 3 atom stereocenters. The molecule has 0 saturated carbocycles. The quantitative estimate of drug-likeness (QED) is 0.0243. The van der Waals surface area contributed by atoms with E-state index >= 15 is 0 Å². The fraction of sp³-hybridized carbons (Fsp3) is 0.806. The number of phosphoric ester groups is 1. The van der Waals surface area contributed by atoms with Crippen LogP contribution >= 0.6 is 7.82 Å². The van der Waals surface area contributed by atoms with E-state index in [1.807, 2.05) is 27.2 Å². The van der Waals surface area contributed by atoms with Crippen molar-refractivity contribution in [3.63, 3.8) is 0 Å². The largest absolute Gasteiger partial charge is 0.472 e. The van der Waals surface area contributed by atoms with Crippen molar-refractivity contribution in [2.45, 2.75) is 309 Å². The molecule has 0 aliphatic heterocycles. The first-order valence-electron chi connectivity index (χ1n) is 32.3. The van der Waals surface area contributed by atoms with Crippen LogP contribution in [0.3, 0.4) is 0 Å². The van der Waals surface area contributed by atoms with Crippen molar-refractivity contribution >= 4 is 13.7 Å². The minimum atomic E-state index is -4.37. The van der Waals surface area contributed by atoms with Gasteiger partial charge in [0.1, 0.15) is 13.2 Å². The average molecular weight is 1090 g/mol. The van der Waals surface area contributed by atoms with Crippen molar-refractivity contribution in [1.82, 2.24) is 5.32 Å². The number of hydrogen-bond acceptors (Lipinski definition) is 5. The molecular weight excluding hydrogens is 960 g/mol. The van der Waals surface area contributed by atoms with E-state index in [0.29, 0.717) is 17.4 Å². The van der Waals surface area contributed by atoms with E-state index < -0.39 is 20.0 Å². The summed E-state index contributed by atoms with van der Waals surface area (Å²) in [4.78, 5) is 23.4. The van der Waals surface area contributed by atoms with Gasteiger partial charge < -0.3 is 19.8 Å². The van der Waals surface area contributed by atoms with Gasteiger partial charge in [-0.2, -0.15) is 0 Å². The molecule has 76 heavy (non-hydrogen) atoms. The third-order valence-corrected chi connectivity index (χ3v) is 15.4. The lowest BCUT2D eigenvalue weighted by molar-refractivity contribution is -0.870. The summed E-state index contributed by atoms with van der Waals surface area (Å²) in [5.41, 5.74) is 0. The van der Waals surface area contributed by atoms with Gasteiger partial charge in [-0.3, -0.25) is 13.8 Å². The van der Waals surface area contributed by atoms with Gasteiger partial charge in [-0.05, 0) is 83.5 Å². The molecule has 0 fully saturated rings. The predicted octanol–water partition coefficient (Wildman–Crippen LogP) is 20.2. The Labute approximate surface area is 472 Å². The van der Waals surface area contributed by atoms with Gasteiger partial charge in [0.2, 0.25) is 5.91 Å². The Morgan fingerprint density at radius 3 is 1.14 bits per heavy atom. The average Bonchev–Trinajstić information content (AvgIpc) is 3.38. The zero-order valence-corrected chi connectivity index (χ0v) is 51.6. The highest BCUT2D eigenvalue weighted by atomic mass is 31.2. The maximum absolute atomic E-state index is 13.0. The SMILES string of the molecule is CCCCCCC/C=C\C/C=C\C/C=C\CCCCCCCCCCCCCCCCC(=O)NC(COP(=O)(O)OCC[N+](C)(C)C)C(O)/C=C/CC/C=C/CC/C=C/CCCCCCCCCCCCCCCCC. The fourth-order valence-corrected chi connectivity index (χ4v) is 10.1. The van der Waals surface area contributed by atoms with E-state index in [4.69, 9.17) is 9.05 Å². The number of nitrogens with zero attached hydrogens (tertiary/aromatic N) is 1. The molecule has 0 aromatic heterocycles. The molecule has 0 bridgehead atoms. The molecule has 0 saturated heterocycles. The maximum atomic E-state index is 13.0. The van der Waals surface area contributed by atoms with E-state index in [1.54, 1.807) is 6.08 Å². The fourth-order valence-electron chi connectivity index (χ4n) is 9.32. The van der Waals surface area contributed by atoms with Crippen molar-refractivity contribution < 1.29 is 32.9 Å². The standard InChI is InChI=1S/C67H125N2O6P/c1-6-8-10-12-14-16-18-20-22-24-26-28-30-32-33-34-35-37-39-41-43-45-47-49-51-53-55-57-59-61-67(71)68-65(64-75-76(72,73)74-63-62-69(3,4)5)66(70)60-58-56-54-52-50-48-46-44-42-40-38-36-31-29-27-25-23-21-19-17-15-13-11-9-7-2/h18,20,24,26,30,32,42,44,50,52,58,60,65-66,70H,6-17,19,21-23,25,27-29,31,33-41,43,45-49,51,53-57,59,61-64H2,1-5H3,(H-,68,71,72,73)/p+1/b20-18-,26-24-,32-30-,44-42+,52-50+,60-58+. The summed E-state index contributed by atoms with van der Waals surface area (Å²) in [6.45, 7) is 4.80. The molecule has 8 nitrogen and oxygen atoms in total. The molecule has 1 amide bonds. The first-order valence-corrected chi connectivity index (χ1v) is 33.8. The van der Waals surface area contributed by atoms with Gasteiger partial charge in [-0.15, -0.1) is 0 Å². The first kappa shape index (κ1) is 73.9. The summed E-state index contributed by atoms with van der Waals surface area (Å²) in [5, 5.41) is 14.0. The van der Waals surface area contributed by atoms with Crippen LogP contribution in [0, 0.1) is 0 Å². The second kappa shape index (κ2) is 57.6. The Hall–Kier alpha value is -2.06. The van der Waals surface area contributed by atoms with Gasteiger partial charge in [0.15, 0.2) is 0 Å². The minimum Gasteiger partial charge on any atom is -0.387 e. The number of phosphoric acid groups is 1. The van der Waals surface area contributed by atoms with Crippen molar-refractivity contribution in [2.24, 2.45) is 0 Å². The zero-order chi connectivity index (χ0) is 55.6. The van der Waals surface area contributed by atoms with E-state index in [2.05, 4.69) is 79.9 Å².